The number of hydrogen-bond acceptors (Lipinski definition) is 7. The lowest BCUT2D eigenvalue weighted by atomic mass is 10.2. The Bertz CT molecular complexity index is 910. The van der Waals surface area contributed by atoms with Crippen LogP contribution in [0, 0.1) is 13.8 Å². The maximum absolute atomic E-state index is 12.4. The molecule has 7 heteroatoms. The largest absolute Gasteiger partial charge is 0.490 e. The minimum absolute atomic E-state index is 0.175. The number of hydrogen-bond donors (Lipinski definition) is 0. The van der Waals surface area contributed by atoms with E-state index in [1.807, 2.05) is 43.3 Å². The van der Waals surface area contributed by atoms with E-state index < -0.39 is 0 Å². The molecule has 140 valence electrons. The number of rotatable bonds is 8. The quantitative estimate of drug-likeness (QED) is 0.327. The van der Waals surface area contributed by atoms with E-state index in [2.05, 4.69) is 10.1 Å². The molecule has 0 bridgehead atoms. The van der Waals surface area contributed by atoms with Gasteiger partial charge in [-0.3, -0.25) is 0 Å². The van der Waals surface area contributed by atoms with E-state index in [-0.39, 0.29) is 12.6 Å². The van der Waals surface area contributed by atoms with Gasteiger partial charge in [-0.1, -0.05) is 29.4 Å². The molecule has 0 aliphatic rings. The van der Waals surface area contributed by atoms with Crippen molar-refractivity contribution in [2.45, 2.75) is 24.5 Å². The van der Waals surface area contributed by atoms with Gasteiger partial charge in [0.1, 0.15) is 19.0 Å². The Morgan fingerprint density at radius 1 is 1.11 bits per heavy atom. The predicted molar refractivity (Wildman–Crippen MR) is 102 cm³/mol. The van der Waals surface area contributed by atoms with Gasteiger partial charge >= 0.3 is 5.97 Å². The molecule has 0 spiro atoms. The summed E-state index contributed by atoms with van der Waals surface area (Å²) in [5.74, 6) is 1.98. The van der Waals surface area contributed by atoms with Crippen LogP contribution in [0.5, 0.6) is 5.75 Å². The molecule has 0 atom stereocenters. The zero-order valence-corrected chi connectivity index (χ0v) is 16.0. The molecule has 1 heterocycles. The first-order valence-electron chi connectivity index (χ1n) is 8.49. The average Bonchev–Trinajstić information content (AvgIpc) is 3.09. The topological polar surface area (TPSA) is 74.5 Å². The van der Waals surface area contributed by atoms with Crippen LogP contribution in [0.3, 0.4) is 0 Å². The molecule has 0 saturated carbocycles. The second kappa shape index (κ2) is 9.23. The number of esters is 1. The van der Waals surface area contributed by atoms with Crippen LogP contribution in [0.2, 0.25) is 0 Å². The zero-order chi connectivity index (χ0) is 19.1. The molecule has 0 N–H and O–H groups in total. The van der Waals surface area contributed by atoms with Crippen LogP contribution in [-0.2, 0) is 10.5 Å². The molecule has 0 aliphatic heterocycles. The van der Waals surface area contributed by atoms with Crippen LogP contribution in [0.15, 0.2) is 57.9 Å². The highest BCUT2D eigenvalue weighted by Crippen LogP contribution is 2.26. The van der Waals surface area contributed by atoms with Gasteiger partial charge in [-0.05, 0) is 43.7 Å². The Kier molecular flexibility index (Phi) is 6.49. The second-order valence-corrected chi connectivity index (χ2v) is 6.84. The van der Waals surface area contributed by atoms with E-state index >= 15 is 0 Å². The molecule has 0 saturated heterocycles. The van der Waals surface area contributed by atoms with Crippen LogP contribution in [0.4, 0.5) is 0 Å². The summed E-state index contributed by atoms with van der Waals surface area (Å²) in [5.41, 5.74) is 1.63. The van der Waals surface area contributed by atoms with Gasteiger partial charge in [0.05, 0.1) is 11.3 Å². The highest BCUT2D eigenvalue weighted by molar-refractivity contribution is 7.98. The van der Waals surface area contributed by atoms with Gasteiger partial charge in [0.15, 0.2) is 5.82 Å². The van der Waals surface area contributed by atoms with Crippen molar-refractivity contribution in [3.8, 4) is 5.75 Å². The molecule has 0 amide bonds. The van der Waals surface area contributed by atoms with Crippen LogP contribution >= 0.6 is 11.8 Å². The van der Waals surface area contributed by atoms with Crippen LogP contribution < -0.4 is 4.74 Å². The predicted octanol–water partition coefficient (Wildman–Crippen LogP) is 4.21. The van der Waals surface area contributed by atoms with Gasteiger partial charge in [-0.25, -0.2) is 4.79 Å². The lowest BCUT2D eigenvalue weighted by molar-refractivity contribution is 0.0446. The maximum Gasteiger partial charge on any atom is 0.339 e. The summed E-state index contributed by atoms with van der Waals surface area (Å²) in [4.78, 5) is 17.4. The number of aryl methyl sites for hydroxylation is 2. The minimum Gasteiger partial charge on any atom is -0.490 e. The lowest BCUT2D eigenvalue weighted by Crippen LogP contribution is -2.13. The Morgan fingerprint density at radius 2 is 1.96 bits per heavy atom. The number of carbonyl (C=O) groups is 1. The third kappa shape index (κ3) is 5.59. The Labute approximate surface area is 161 Å². The van der Waals surface area contributed by atoms with Gasteiger partial charge in [-0.15, -0.1) is 11.8 Å². The Morgan fingerprint density at radius 3 is 2.74 bits per heavy atom. The monoisotopic (exact) mass is 384 g/mol. The molecule has 0 fully saturated rings. The Balaban J connectivity index is 1.51. The van der Waals surface area contributed by atoms with Crippen LogP contribution in [0.25, 0.3) is 0 Å². The number of nitrogens with zero attached hydrogens (tertiary/aromatic N) is 2. The molecule has 3 aromatic rings. The fraction of sp³-hybridized carbons (Fsp3) is 0.250. The van der Waals surface area contributed by atoms with Crippen molar-refractivity contribution in [1.82, 2.24) is 10.1 Å². The van der Waals surface area contributed by atoms with E-state index in [9.17, 15) is 4.79 Å². The molecule has 0 unspecified atom stereocenters. The van der Waals surface area contributed by atoms with E-state index in [4.69, 9.17) is 14.0 Å². The summed E-state index contributed by atoms with van der Waals surface area (Å²) >= 11 is 1.45. The van der Waals surface area contributed by atoms with Crippen molar-refractivity contribution in [2.75, 3.05) is 13.2 Å². The molecule has 1 aromatic heterocycles. The molecule has 0 aliphatic carbocycles. The van der Waals surface area contributed by atoms with Crippen LogP contribution in [-0.4, -0.2) is 29.3 Å². The third-order valence-corrected chi connectivity index (χ3v) is 4.66. The van der Waals surface area contributed by atoms with Crippen molar-refractivity contribution in [3.05, 3.63) is 71.4 Å². The summed E-state index contributed by atoms with van der Waals surface area (Å²) in [6.07, 6.45) is 0. The average molecular weight is 384 g/mol. The van der Waals surface area contributed by atoms with Crippen molar-refractivity contribution in [2.24, 2.45) is 0 Å². The summed E-state index contributed by atoms with van der Waals surface area (Å²) in [6.45, 7) is 4.24. The number of benzene rings is 2. The second-order valence-electron chi connectivity index (χ2n) is 5.82. The van der Waals surface area contributed by atoms with Gasteiger partial charge in [0, 0.05) is 4.90 Å². The molecular weight excluding hydrogens is 364 g/mol. The molecule has 6 nitrogen and oxygen atoms in total. The van der Waals surface area contributed by atoms with Crippen LogP contribution in [0.1, 0.15) is 27.6 Å². The van der Waals surface area contributed by atoms with Gasteiger partial charge in [0.25, 0.3) is 0 Å². The van der Waals surface area contributed by atoms with Gasteiger partial charge in [-0.2, -0.15) is 4.98 Å². The fourth-order valence-electron chi connectivity index (χ4n) is 2.38. The third-order valence-electron chi connectivity index (χ3n) is 3.60. The summed E-state index contributed by atoms with van der Waals surface area (Å²) < 4.78 is 16.1. The van der Waals surface area contributed by atoms with Crippen molar-refractivity contribution < 1.29 is 18.8 Å². The fourth-order valence-corrected chi connectivity index (χ4v) is 3.25. The number of carbonyl (C=O) groups excluding carboxylic acids is 1. The van der Waals surface area contributed by atoms with Crippen molar-refractivity contribution in [3.63, 3.8) is 0 Å². The molecular formula is C20H20N2O4S. The molecule has 0 radical (unpaired) electrons. The molecule has 3 rings (SSSR count). The first kappa shape index (κ1) is 19.0. The highest BCUT2D eigenvalue weighted by Gasteiger charge is 2.14. The SMILES string of the molecule is Cc1cccc(OCCOC(=O)c2ccccc2SCc2nc(C)no2)c1. The normalized spacial score (nSPS) is 10.6. The van der Waals surface area contributed by atoms with Crippen molar-refractivity contribution in [1.29, 1.82) is 0 Å². The highest BCUT2D eigenvalue weighted by atomic mass is 32.2. The number of aromatic nitrogens is 2. The molecule has 27 heavy (non-hydrogen) atoms. The number of thioether (sulfide) groups is 1. The standard InChI is InChI=1S/C20H20N2O4S/c1-14-6-5-7-16(12-14)24-10-11-25-20(23)17-8-3-4-9-18(17)27-13-19-21-15(2)22-26-19/h3-9,12H,10-11,13H2,1-2H3. The summed E-state index contributed by atoms with van der Waals surface area (Å²) in [6, 6.07) is 15.0. The van der Waals surface area contributed by atoms with E-state index in [0.29, 0.717) is 29.6 Å². The number of ether oxygens (including phenoxy) is 2. The lowest BCUT2D eigenvalue weighted by Gasteiger charge is -2.10. The summed E-state index contributed by atoms with van der Waals surface area (Å²) in [7, 11) is 0. The first-order chi connectivity index (χ1) is 13.1. The first-order valence-corrected chi connectivity index (χ1v) is 9.48. The smallest absolute Gasteiger partial charge is 0.339 e. The molecule has 2 aromatic carbocycles. The summed E-state index contributed by atoms with van der Waals surface area (Å²) in [5, 5.41) is 3.76. The van der Waals surface area contributed by atoms with Crippen molar-refractivity contribution >= 4 is 17.7 Å². The van der Waals surface area contributed by atoms with E-state index in [1.165, 1.54) is 11.8 Å². The van der Waals surface area contributed by atoms with E-state index in [1.54, 1.807) is 19.1 Å². The maximum atomic E-state index is 12.4. The van der Waals surface area contributed by atoms with E-state index in [0.717, 1.165) is 16.2 Å². The Hall–Kier alpha value is -2.80. The van der Waals surface area contributed by atoms with Gasteiger partial charge in [0.2, 0.25) is 5.89 Å². The zero-order valence-electron chi connectivity index (χ0n) is 15.2. The van der Waals surface area contributed by atoms with Gasteiger partial charge < -0.3 is 14.0 Å². The minimum atomic E-state index is -0.382.